The zero-order valence-electron chi connectivity index (χ0n) is 13.4. The fourth-order valence-electron chi connectivity index (χ4n) is 2.32. The van der Waals surface area contributed by atoms with E-state index in [9.17, 15) is 8.42 Å². The van der Waals surface area contributed by atoms with Crippen molar-refractivity contribution in [2.45, 2.75) is 64.2 Å². The van der Waals surface area contributed by atoms with Gasteiger partial charge in [0.25, 0.3) is 0 Å². The van der Waals surface area contributed by atoms with Gasteiger partial charge >= 0.3 is 0 Å². The molecule has 0 heterocycles. The molecule has 1 aromatic carbocycles. The Hall–Kier alpha value is -1.07. The highest BCUT2D eigenvalue weighted by atomic mass is 32.2. The summed E-state index contributed by atoms with van der Waals surface area (Å²) in [5, 5.41) is 0. The molecule has 1 rings (SSSR count). The van der Waals surface area contributed by atoms with Crippen molar-refractivity contribution in [2.24, 2.45) is 0 Å². The normalized spacial score (nSPS) is 11.8. The van der Waals surface area contributed by atoms with Gasteiger partial charge in [-0.15, -0.1) is 0 Å². The Balaban J connectivity index is 2.55. The number of benzene rings is 1. The van der Waals surface area contributed by atoms with Gasteiger partial charge in [0, 0.05) is 12.2 Å². The molecule has 0 spiro atoms. The van der Waals surface area contributed by atoms with Crippen LogP contribution in [0.4, 0.5) is 5.69 Å². The minimum Gasteiger partial charge on any atom is -0.399 e. The van der Waals surface area contributed by atoms with Crippen molar-refractivity contribution in [2.75, 3.05) is 12.3 Å². The van der Waals surface area contributed by atoms with Crippen molar-refractivity contribution in [1.82, 2.24) is 4.72 Å². The summed E-state index contributed by atoms with van der Waals surface area (Å²) in [6, 6.07) is 3.33. The Morgan fingerprint density at radius 3 is 2.33 bits per heavy atom. The summed E-state index contributed by atoms with van der Waals surface area (Å²) in [4.78, 5) is 0.297. The molecule has 21 heavy (non-hydrogen) atoms. The Bertz CT molecular complexity index is 554. The number of sulfonamides is 1. The Labute approximate surface area is 129 Å². The number of nitrogens with two attached hydrogens (primary N) is 1. The lowest BCUT2D eigenvalue weighted by molar-refractivity contribution is 0.567. The van der Waals surface area contributed by atoms with Crippen LogP contribution in [0.15, 0.2) is 17.0 Å². The molecule has 0 aliphatic rings. The molecule has 1 aromatic rings. The van der Waals surface area contributed by atoms with Crippen molar-refractivity contribution < 1.29 is 8.42 Å². The zero-order valence-corrected chi connectivity index (χ0v) is 14.2. The summed E-state index contributed by atoms with van der Waals surface area (Å²) >= 11 is 0. The van der Waals surface area contributed by atoms with Gasteiger partial charge in [0.15, 0.2) is 0 Å². The molecule has 0 aromatic heterocycles. The first-order chi connectivity index (χ1) is 9.88. The van der Waals surface area contributed by atoms with Gasteiger partial charge < -0.3 is 5.73 Å². The molecule has 0 unspecified atom stereocenters. The lowest BCUT2D eigenvalue weighted by atomic mass is 10.1. The first-order valence-electron chi connectivity index (χ1n) is 7.75. The molecule has 0 fully saturated rings. The predicted molar refractivity (Wildman–Crippen MR) is 88.9 cm³/mol. The molecule has 0 bridgehead atoms. The van der Waals surface area contributed by atoms with Crippen molar-refractivity contribution in [3.63, 3.8) is 0 Å². The number of aryl methyl sites for hydroxylation is 1. The summed E-state index contributed by atoms with van der Waals surface area (Å²) in [7, 11) is -3.46. The van der Waals surface area contributed by atoms with E-state index in [1.165, 1.54) is 31.7 Å². The van der Waals surface area contributed by atoms with E-state index in [-0.39, 0.29) is 0 Å². The minimum atomic E-state index is -3.46. The molecular weight excluding hydrogens is 284 g/mol. The number of anilines is 1. The lowest BCUT2D eigenvalue weighted by Gasteiger charge is -2.12. The van der Waals surface area contributed by atoms with Gasteiger partial charge in [0.2, 0.25) is 10.0 Å². The van der Waals surface area contributed by atoms with Gasteiger partial charge in [-0.2, -0.15) is 0 Å². The standard InChI is InChI=1S/C16H28N2O2S/c1-4-5-6-7-8-9-10-18-21(19,20)16-12-15(17)11-13(2)14(16)3/h11-12,18H,4-10,17H2,1-3H3. The second kappa shape index (κ2) is 8.39. The quantitative estimate of drug-likeness (QED) is 0.541. The van der Waals surface area contributed by atoms with Gasteiger partial charge in [0.05, 0.1) is 4.90 Å². The molecule has 0 amide bonds. The minimum absolute atomic E-state index is 0.297. The number of rotatable bonds is 9. The Morgan fingerprint density at radius 2 is 1.67 bits per heavy atom. The summed E-state index contributed by atoms with van der Waals surface area (Å²) in [6.45, 7) is 6.36. The maximum absolute atomic E-state index is 12.3. The average Bonchev–Trinajstić information content (AvgIpc) is 2.41. The SMILES string of the molecule is CCCCCCCCNS(=O)(=O)c1cc(N)cc(C)c1C. The fraction of sp³-hybridized carbons (Fsp3) is 0.625. The number of nitrogen functional groups attached to an aromatic ring is 1. The van der Waals surface area contributed by atoms with Crippen molar-refractivity contribution in [1.29, 1.82) is 0 Å². The highest BCUT2D eigenvalue weighted by Crippen LogP contribution is 2.22. The fourth-order valence-corrected chi connectivity index (χ4v) is 3.75. The first-order valence-corrected chi connectivity index (χ1v) is 9.23. The highest BCUT2D eigenvalue weighted by Gasteiger charge is 2.17. The number of nitrogens with one attached hydrogen (secondary N) is 1. The van der Waals surface area contributed by atoms with Crippen LogP contribution in [0.1, 0.15) is 56.6 Å². The van der Waals surface area contributed by atoms with Crippen LogP contribution >= 0.6 is 0 Å². The van der Waals surface area contributed by atoms with Crippen LogP contribution in [0.25, 0.3) is 0 Å². The Kier molecular flexibility index (Phi) is 7.18. The van der Waals surface area contributed by atoms with Crippen molar-refractivity contribution >= 4 is 15.7 Å². The van der Waals surface area contributed by atoms with Gasteiger partial charge in [-0.05, 0) is 43.5 Å². The molecule has 4 nitrogen and oxygen atoms in total. The van der Waals surface area contributed by atoms with Crippen LogP contribution < -0.4 is 10.5 Å². The largest absolute Gasteiger partial charge is 0.399 e. The molecule has 0 atom stereocenters. The van der Waals surface area contributed by atoms with E-state index < -0.39 is 10.0 Å². The second-order valence-corrected chi connectivity index (χ2v) is 7.36. The highest BCUT2D eigenvalue weighted by molar-refractivity contribution is 7.89. The van der Waals surface area contributed by atoms with Crippen LogP contribution in [-0.2, 0) is 10.0 Å². The lowest BCUT2D eigenvalue weighted by Crippen LogP contribution is -2.25. The maximum atomic E-state index is 12.3. The van der Waals surface area contributed by atoms with Gasteiger partial charge in [-0.3, -0.25) is 0 Å². The molecule has 0 radical (unpaired) electrons. The summed E-state index contributed by atoms with van der Waals surface area (Å²) in [5.74, 6) is 0. The van der Waals surface area contributed by atoms with Crippen LogP contribution in [0.5, 0.6) is 0 Å². The summed E-state index contributed by atoms with van der Waals surface area (Å²) in [6.07, 6.45) is 6.83. The molecular formula is C16H28N2O2S. The zero-order chi connectivity index (χ0) is 15.9. The van der Waals surface area contributed by atoms with Crippen LogP contribution in [-0.4, -0.2) is 15.0 Å². The second-order valence-electron chi connectivity index (χ2n) is 5.63. The third-order valence-electron chi connectivity index (χ3n) is 3.75. The molecule has 3 N–H and O–H groups in total. The van der Waals surface area contributed by atoms with E-state index in [2.05, 4.69) is 11.6 Å². The van der Waals surface area contributed by atoms with E-state index in [0.29, 0.717) is 17.1 Å². The maximum Gasteiger partial charge on any atom is 0.240 e. The molecule has 0 aliphatic heterocycles. The number of hydrogen-bond donors (Lipinski definition) is 2. The van der Waals surface area contributed by atoms with E-state index in [4.69, 9.17) is 5.73 Å². The first kappa shape index (κ1) is 18.0. The number of hydrogen-bond acceptors (Lipinski definition) is 3. The van der Waals surface area contributed by atoms with Crippen LogP contribution in [0, 0.1) is 13.8 Å². The Morgan fingerprint density at radius 1 is 1.05 bits per heavy atom. The van der Waals surface area contributed by atoms with Crippen LogP contribution in [0.2, 0.25) is 0 Å². The molecule has 0 saturated heterocycles. The van der Waals surface area contributed by atoms with E-state index >= 15 is 0 Å². The average molecular weight is 312 g/mol. The molecule has 0 aliphatic carbocycles. The van der Waals surface area contributed by atoms with E-state index in [1.54, 1.807) is 6.07 Å². The van der Waals surface area contributed by atoms with E-state index in [1.807, 2.05) is 13.8 Å². The molecule has 0 saturated carbocycles. The summed E-state index contributed by atoms with van der Waals surface area (Å²) < 4.78 is 27.3. The van der Waals surface area contributed by atoms with Crippen molar-refractivity contribution in [3.05, 3.63) is 23.3 Å². The monoisotopic (exact) mass is 312 g/mol. The van der Waals surface area contributed by atoms with E-state index in [0.717, 1.165) is 24.0 Å². The van der Waals surface area contributed by atoms with Gasteiger partial charge in [-0.1, -0.05) is 39.0 Å². The smallest absolute Gasteiger partial charge is 0.240 e. The topological polar surface area (TPSA) is 72.2 Å². The summed E-state index contributed by atoms with van der Waals surface area (Å²) in [5.41, 5.74) is 7.90. The molecule has 5 heteroatoms. The predicted octanol–water partition coefficient (Wildman–Crippen LogP) is 3.52. The van der Waals surface area contributed by atoms with Gasteiger partial charge in [-0.25, -0.2) is 13.1 Å². The van der Waals surface area contributed by atoms with Crippen molar-refractivity contribution in [3.8, 4) is 0 Å². The third kappa shape index (κ3) is 5.67. The third-order valence-corrected chi connectivity index (χ3v) is 5.34. The molecule has 120 valence electrons. The number of unbranched alkanes of at least 4 members (excludes halogenated alkanes) is 5. The van der Waals surface area contributed by atoms with Gasteiger partial charge in [0.1, 0.15) is 0 Å². The van der Waals surface area contributed by atoms with Crippen LogP contribution in [0.3, 0.4) is 0 Å².